The number of hydrogen-bond acceptors (Lipinski definition) is 4. The largest absolute Gasteiger partial charge is 0.465 e. The summed E-state index contributed by atoms with van der Waals surface area (Å²) in [7, 11) is 0. The predicted octanol–water partition coefficient (Wildman–Crippen LogP) is 6.05. The predicted molar refractivity (Wildman–Crippen MR) is 102 cm³/mol. The Hall–Kier alpha value is -1.24. The van der Waals surface area contributed by atoms with Gasteiger partial charge >= 0.3 is 12.1 Å². The van der Waals surface area contributed by atoms with E-state index in [-0.39, 0.29) is 24.7 Å². The molecule has 2 saturated heterocycles. The molecule has 3 aliphatic rings. The van der Waals surface area contributed by atoms with Crippen molar-refractivity contribution in [2.45, 2.75) is 103 Å². The maximum Gasteiger partial charge on any atom is 0.394 e. The molecule has 1 saturated carbocycles. The zero-order valence-electron chi connectivity index (χ0n) is 17.5. The first-order chi connectivity index (χ1) is 13.7. The third kappa shape index (κ3) is 4.75. The fraction of sp³-hybridized carbons (Fsp3) is 0.864. The molecule has 3 fully saturated rings. The van der Waals surface area contributed by atoms with Crippen LogP contribution < -0.4 is 0 Å². The highest BCUT2D eigenvalue weighted by Crippen LogP contribution is 2.52. The summed E-state index contributed by atoms with van der Waals surface area (Å²) in [5.74, 6) is 0.0562. The molecule has 4 nitrogen and oxygen atoms in total. The number of alkyl halides is 3. The first-order valence-electron chi connectivity index (χ1n) is 11.0. The Balaban J connectivity index is 1.88. The highest BCUT2D eigenvalue weighted by Gasteiger charge is 2.57. The lowest BCUT2D eigenvalue weighted by atomic mass is 9.79. The van der Waals surface area contributed by atoms with Crippen LogP contribution in [0.1, 0.15) is 84.5 Å². The Morgan fingerprint density at radius 1 is 1.28 bits per heavy atom. The van der Waals surface area contributed by atoms with Crippen molar-refractivity contribution in [3.05, 3.63) is 11.8 Å². The fourth-order valence-corrected chi connectivity index (χ4v) is 4.78. The van der Waals surface area contributed by atoms with Gasteiger partial charge in [-0.25, -0.2) is 0 Å². The fourth-order valence-electron chi connectivity index (χ4n) is 4.78. The van der Waals surface area contributed by atoms with E-state index in [1.54, 1.807) is 6.08 Å². The van der Waals surface area contributed by atoms with Crippen LogP contribution in [0.25, 0.3) is 0 Å². The van der Waals surface area contributed by atoms with E-state index < -0.39 is 23.5 Å². The summed E-state index contributed by atoms with van der Waals surface area (Å²) in [5, 5.41) is 0. The summed E-state index contributed by atoms with van der Waals surface area (Å²) < 4.78 is 59.1. The minimum absolute atomic E-state index is 0.0300. The Labute approximate surface area is 171 Å². The Bertz CT molecular complexity index is 612. The standard InChI is InChI=1S/C22H33F3O4/c1-3-4-11-20(2,22(23,24)25)13-10-17(28-19-9-5-6-14-27-19)21-12-7-8-16(21)15-18(26)29-21/h10,16,19H,3-9,11-15H2,1-2H3/t16?,19?,20-,21?/m0/s1. The quantitative estimate of drug-likeness (QED) is 0.356. The summed E-state index contributed by atoms with van der Waals surface area (Å²) >= 11 is 0. The average molecular weight is 418 g/mol. The van der Waals surface area contributed by atoms with Crippen LogP contribution in [0.15, 0.2) is 11.8 Å². The number of esters is 1. The molecule has 0 aromatic carbocycles. The lowest BCUT2D eigenvalue weighted by Crippen LogP contribution is -2.39. The zero-order chi connectivity index (χ0) is 21.1. The Kier molecular flexibility index (Phi) is 6.86. The maximum atomic E-state index is 13.9. The molecule has 2 heterocycles. The second-order valence-electron chi connectivity index (χ2n) is 9.01. The van der Waals surface area contributed by atoms with Crippen molar-refractivity contribution < 1.29 is 32.2 Å². The second-order valence-corrected chi connectivity index (χ2v) is 9.01. The summed E-state index contributed by atoms with van der Waals surface area (Å²) in [4.78, 5) is 12.0. The lowest BCUT2D eigenvalue weighted by molar-refractivity contribution is -0.220. The molecule has 4 atom stereocenters. The van der Waals surface area contributed by atoms with Crippen molar-refractivity contribution in [3.8, 4) is 0 Å². The smallest absolute Gasteiger partial charge is 0.394 e. The summed E-state index contributed by atoms with van der Waals surface area (Å²) in [6, 6.07) is 0. The number of halogens is 3. The highest BCUT2D eigenvalue weighted by atomic mass is 19.4. The van der Waals surface area contributed by atoms with Crippen molar-refractivity contribution >= 4 is 5.97 Å². The van der Waals surface area contributed by atoms with Crippen molar-refractivity contribution in [2.24, 2.45) is 11.3 Å². The molecule has 0 amide bonds. The van der Waals surface area contributed by atoms with Gasteiger partial charge in [-0.2, -0.15) is 13.2 Å². The second kappa shape index (κ2) is 8.86. The van der Waals surface area contributed by atoms with Gasteiger partial charge in [0.2, 0.25) is 0 Å². The number of unbranched alkanes of at least 4 members (excludes halogenated alkanes) is 1. The molecule has 0 bridgehead atoms. The van der Waals surface area contributed by atoms with Gasteiger partial charge < -0.3 is 14.2 Å². The number of fused-ring (bicyclic) bond motifs is 1. The van der Waals surface area contributed by atoms with E-state index in [9.17, 15) is 18.0 Å². The minimum Gasteiger partial charge on any atom is -0.465 e. The van der Waals surface area contributed by atoms with Crippen molar-refractivity contribution in [1.82, 2.24) is 0 Å². The van der Waals surface area contributed by atoms with Crippen LogP contribution in [0.3, 0.4) is 0 Å². The highest BCUT2D eigenvalue weighted by molar-refractivity contribution is 5.74. The van der Waals surface area contributed by atoms with Crippen LogP contribution in [-0.2, 0) is 19.0 Å². The SMILES string of the molecule is CCCC[C@@](C)(CC=C(OC1CCCCO1)C12CCCC1CC(=O)O2)C(F)(F)F. The van der Waals surface area contributed by atoms with Gasteiger partial charge in [0.25, 0.3) is 0 Å². The van der Waals surface area contributed by atoms with Crippen molar-refractivity contribution in [2.75, 3.05) is 6.61 Å². The molecule has 2 aliphatic heterocycles. The third-order valence-electron chi connectivity index (χ3n) is 6.79. The van der Waals surface area contributed by atoms with Crippen molar-refractivity contribution in [1.29, 1.82) is 0 Å². The van der Waals surface area contributed by atoms with E-state index in [1.165, 1.54) is 6.92 Å². The maximum absolute atomic E-state index is 13.9. The van der Waals surface area contributed by atoms with Crippen LogP contribution >= 0.6 is 0 Å². The molecule has 3 unspecified atom stereocenters. The average Bonchev–Trinajstić information content (AvgIpc) is 3.20. The van der Waals surface area contributed by atoms with Crippen LogP contribution in [0, 0.1) is 11.3 Å². The molecule has 0 radical (unpaired) electrons. The molecule has 7 heteroatoms. The van der Waals surface area contributed by atoms with Gasteiger partial charge in [0.15, 0.2) is 11.9 Å². The summed E-state index contributed by atoms with van der Waals surface area (Å²) in [5.41, 5.74) is -2.76. The van der Waals surface area contributed by atoms with Crippen LogP contribution in [-0.4, -0.2) is 30.6 Å². The van der Waals surface area contributed by atoms with Crippen molar-refractivity contribution in [3.63, 3.8) is 0 Å². The topological polar surface area (TPSA) is 44.8 Å². The molecular formula is C22H33F3O4. The third-order valence-corrected chi connectivity index (χ3v) is 6.79. The van der Waals surface area contributed by atoms with Crippen LogP contribution in [0.5, 0.6) is 0 Å². The molecule has 0 aromatic rings. The van der Waals surface area contributed by atoms with Gasteiger partial charge in [0, 0.05) is 12.3 Å². The van der Waals surface area contributed by atoms with E-state index in [0.29, 0.717) is 44.5 Å². The Morgan fingerprint density at radius 2 is 2.07 bits per heavy atom. The Morgan fingerprint density at radius 3 is 2.72 bits per heavy atom. The lowest BCUT2D eigenvalue weighted by Gasteiger charge is -2.36. The first-order valence-corrected chi connectivity index (χ1v) is 11.0. The molecular weight excluding hydrogens is 385 g/mol. The summed E-state index contributed by atoms with van der Waals surface area (Å²) in [6.45, 7) is 3.74. The first kappa shape index (κ1) is 22.4. The molecule has 1 aliphatic carbocycles. The molecule has 0 spiro atoms. The van der Waals surface area contributed by atoms with E-state index in [2.05, 4.69) is 0 Å². The summed E-state index contributed by atoms with van der Waals surface area (Å²) in [6.07, 6.45) is 3.03. The molecule has 3 rings (SSSR count). The number of carbonyl (C=O) groups is 1. The number of hydrogen-bond donors (Lipinski definition) is 0. The molecule has 29 heavy (non-hydrogen) atoms. The van der Waals surface area contributed by atoms with Gasteiger partial charge in [0.1, 0.15) is 5.76 Å². The van der Waals surface area contributed by atoms with E-state index in [4.69, 9.17) is 14.2 Å². The number of rotatable bonds is 8. The van der Waals surface area contributed by atoms with Crippen LogP contribution in [0.2, 0.25) is 0 Å². The van der Waals surface area contributed by atoms with E-state index in [0.717, 1.165) is 25.7 Å². The molecule has 0 N–H and O–H groups in total. The van der Waals surface area contributed by atoms with E-state index >= 15 is 0 Å². The van der Waals surface area contributed by atoms with Gasteiger partial charge in [-0.3, -0.25) is 4.79 Å². The van der Waals surface area contributed by atoms with Gasteiger partial charge in [-0.05, 0) is 51.0 Å². The van der Waals surface area contributed by atoms with E-state index in [1.807, 2.05) is 6.92 Å². The monoisotopic (exact) mass is 418 g/mol. The van der Waals surface area contributed by atoms with Gasteiger partial charge in [-0.15, -0.1) is 0 Å². The molecule has 0 aromatic heterocycles. The number of ether oxygens (including phenoxy) is 3. The van der Waals surface area contributed by atoms with Crippen LogP contribution in [0.4, 0.5) is 13.2 Å². The zero-order valence-corrected chi connectivity index (χ0v) is 17.5. The van der Waals surface area contributed by atoms with Gasteiger partial charge in [-0.1, -0.05) is 26.7 Å². The number of allylic oxidation sites excluding steroid dienone is 1. The number of carbonyl (C=O) groups excluding carboxylic acids is 1. The normalized spacial score (nSPS) is 32.6. The molecule has 166 valence electrons. The minimum atomic E-state index is -4.32. The van der Waals surface area contributed by atoms with Gasteiger partial charge in [0.05, 0.1) is 18.4 Å².